The van der Waals surface area contributed by atoms with Crippen molar-refractivity contribution in [3.05, 3.63) is 41.7 Å². The van der Waals surface area contributed by atoms with E-state index in [0.29, 0.717) is 18.8 Å². The molecule has 4 nitrogen and oxygen atoms in total. The molecule has 1 heterocycles. The zero-order valence-corrected chi connectivity index (χ0v) is 10.5. The van der Waals surface area contributed by atoms with Crippen molar-refractivity contribution in [3.8, 4) is 5.75 Å². The first-order valence-electron chi connectivity index (χ1n) is 5.85. The first-order valence-corrected chi connectivity index (χ1v) is 5.85. The topological polar surface area (TPSA) is 49.9 Å². The molecule has 0 aliphatic carbocycles. The standard InChI is InChI=1S/C13H16FN3O/c1-3-18-13-5-4-10(6-11(13)14)15-7-12-9(2)16-8-17-12/h4-6,8,15H,3,7H2,1-2H3,(H,16,17). The largest absolute Gasteiger partial charge is 0.491 e. The molecular formula is C13H16FN3O. The predicted molar refractivity (Wildman–Crippen MR) is 68.2 cm³/mol. The molecule has 2 N–H and O–H groups in total. The molecule has 2 aromatic rings. The van der Waals surface area contributed by atoms with Gasteiger partial charge in [-0.25, -0.2) is 9.37 Å². The summed E-state index contributed by atoms with van der Waals surface area (Å²) in [5.74, 6) is -0.0837. The van der Waals surface area contributed by atoms with Crippen molar-refractivity contribution in [2.45, 2.75) is 20.4 Å². The lowest BCUT2D eigenvalue weighted by atomic mass is 10.2. The van der Waals surface area contributed by atoms with Crippen molar-refractivity contribution in [2.75, 3.05) is 11.9 Å². The number of ether oxygens (including phenoxy) is 1. The number of benzene rings is 1. The molecule has 0 fully saturated rings. The molecule has 0 amide bonds. The lowest BCUT2D eigenvalue weighted by Gasteiger charge is -2.08. The SMILES string of the molecule is CCOc1ccc(NCc2nc[nH]c2C)cc1F. The third-order valence-electron chi connectivity index (χ3n) is 2.63. The molecular weight excluding hydrogens is 233 g/mol. The van der Waals surface area contributed by atoms with Crippen molar-refractivity contribution in [3.63, 3.8) is 0 Å². The normalized spacial score (nSPS) is 10.4. The number of halogens is 1. The second-order valence-corrected chi connectivity index (χ2v) is 3.91. The molecule has 18 heavy (non-hydrogen) atoms. The molecule has 0 bridgehead atoms. The minimum absolute atomic E-state index is 0.277. The first-order chi connectivity index (χ1) is 8.70. The highest BCUT2D eigenvalue weighted by Crippen LogP contribution is 2.21. The summed E-state index contributed by atoms with van der Waals surface area (Å²) in [6, 6.07) is 4.83. The Kier molecular flexibility index (Phi) is 3.82. The Hall–Kier alpha value is -2.04. The van der Waals surface area contributed by atoms with Crippen molar-refractivity contribution >= 4 is 5.69 Å². The van der Waals surface area contributed by atoms with Crippen LogP contribution in [0.1, 0.15) is 18.3 Å². The van der Waals surface area contributed by atoms with Gasteiger partial charge in [0.2, 0.25) is 0 Å². The number of hydrogen-bond donors (Lipinski definition) is 2. The van der Waals surface area contributed by atoms with Crippen molar-refractivity contribution < 1.29 is 9.13 Å². The van der Waals surface area contributed by atoms with Gasteiger partial charge in [0.05, 0.1) is 25.2 Å². The highest BCUT2D eigenvalue weighted by molar-refractivity contribution is 5.47. The van der Waals surface area contributed by atoms with E-state index in [-0.39, 0.29) is 11.6 Å². The fourth-order valence-electron chi connectivity index (χ4n) is 1.63. The molecule has 1 aromatic carbocycles. The van der Waals surface area contributed by atoms with E-state index < -0.39 is 0 Å². The number of nitrogens with one attached hydrogen (secondary N) is 2. The van der Waals surface area contributed by atoms with Gasteiger partial charge in [-0.3, -0.25) is 0 Å². The van der Waals surface area contributed by atoms with Crippen LogP contribution in [0, 0.1) is 12.7 Å². The molecule has 0 spiro atoms. The summed E-state index contributed by atoms with van der Waals surface area (Å²) < 4.78 is 18.7. The maximum Gasteiger partial charge on any atom is 0.167 e. The summed E-state index contributed by atoms with van der Waals surface area (Å²) in [6.07, 6.45) is 1.64. The second kappa shape index (κ2) is 5.53. The fourth-order valence-corrected chi connectivity index (χ4v) is 1.63. The van der Waals surface area contributed by atoms with Crippen LogP contribution in [0.15, 0.2) is 24.5 Å². The number of aromatic nitrogens is 2. The van der Waals surface area contributed by atoms with Crippen LogP contribution in [-0.2, 0) is 6.54 Å². The summed E-state index contributed by atoms with van der Waals surface area (Å²) >= 11 is 0. The molecule has 2 rings (SSSR count). The van der Waals surface area contributed by atoms with Gasteiger partial charge in [-0.05, 0) is 26.0 Å². The molecule has 1 aromatic heterocycles. The van der Waals surface area contributed by atoms with E-state index in [9.17, 15) is 4.39 Å². The maximum absolute atomic E-state index is 13.6. The Labute approximate surface area is 105 Å². The number of nitrogens with zero attached hydrogens (tertiary/aromatic N) is 1. The highest BCUT2D eigenvalue weighted by Gasteiger charge is 2.05. The van der Waals surface area contributed by atoms with Gasteiger partial charge in [-0.15, -0.1) is 0 Å². The van der Waals surface area contributed by atoms with Crippen LogP contribution in [0.2, 0.25) is 0 Å². The lowest BCUT2D eigenvalue weighted by molar-refractivity contribution is 0.321. The quantitative estimate of drug-likeness (QED) is 0.856. The molecule has 96 valence electrons. The van der Waals surface area contributed by atoms with E-state index >= 15 is 0 Å². The van der Waals surface area contributed by atoms with Crippen LogP contribution in [0.4, 0.5) is 10.1 Å². The Morgan fingerprint density at radius 3 is 2.89 bits per heavy atom. The van der Waals surface area contributed by atoms with E-state index in [2.05, 4.69) is 15.3 Å². The molecule has 0 saturated heterocycles. The zero-order chi connectivity index (χ0) is 13.0. The van der Waals surface area contributed by atoms with Gasteiger partial charge in [0.1, 0.15) is 0 Å². The summed E-state index contributed by atoms with van der Waals surface area (Å²) in [7, 11) is 0. The minimum atomic E-state index is -0.361. The van der Waals surface area contributed by atoms with Crippen LogP contribution in [0.3, 0.4) is 0 Å². The molecule has 0 aliphatic heterocycles. The number of imidazole rings is 1. The van der Waals surface area contributed by atoms with E-state index in [1.807, 2.05) is 13.8 Å². The minimum Gasteiger partial charge on any atom is -0.491 e. The molecule has 0 saturated carbocycles. The summed E-state index contributed by atoms with van der Waals surface area (Å²) in [5.41, 5.74) is 2.64. The third kappa shape index (κ3) is 2.80. The van der Waals surface area contributed by atoms with E-state index in [4.69, 9.17) is 4.74 Å². The van der Waals surface area contributed by atoms with Crippen LogP contribution >= 0.6 is 0 Å². The molecule has 0 unspecified atom stereocenters. The van der Waals surface area contributed by atoms with Crippen LogP contribution in [-0.4, -0.2) is 16.6 Å². The van der Waals surface area contributed by atoms with Crippen LogP contribution in [0.5, 0.6) is 5.75 Å². The van der Waals surface area contributed by atoms with Crippen molar-refractivity contribution in [1.29, 1.82) is 0 Å². The van der Waals surface area contributed by atoms with Crippen molar-refractivity contribution in [2.24, 2.45) is 0 Å². The van der Waals surface area contributed by atoms with Gasteiger partial charge in [-0.2, -0.15) is 0 Å². The van der Waals surface area contributed by atoms with Gasteiger partial charge in [0, 0.05) is 17.4 Å². The van der Waals surface area contributed by atoms with Crippen LogP contribution < -0.4 is 10.1 Å². The average Bonchev–Trinajstić information content (AvgIpc) is 2.76. The fraction of sp³-hybridized carbons (Fsp3) is 0.308. The smallest absolute Gasteiger partial charge is 0.167 e. The van der Waals surface area contributed by atoms with Gasteiger partial charge in [0.25, 0.3) is 0 Å². The summed E-state index contributed by atoms with van der Waals surface area (Å²) in [5, 5.41) is 3.12. The Morgan fingerprint density at radius 1 is 1.44 bits per heavy atom. The third-order valence-corrected chi connectivity index (χ3v) is 2.63. The molecule has 0 radical (unpaired) electrons. The molecule has 5 heteroatoms. The second-order valence-electron chi connectivity index (χ2n) is 3.91. The van der Waals surface area contributed by atoms with Gasteiger partial charge >= 0.3 is 0 Å². The molecule has 0 atom stereocenters. The predicted octanol–water partition coefficient (Wildman–Crippen LogP) is 2.87. The number of hydrogen-bond acceptors (Lipinski definition) is 3. The van der Waals surface area contributed by atoms with E-state index in [0.717, 1.165) is 11.4 Å². The number of aryl methyl sites for hydroxylation is 1. The van der Waals surface area contributed by atoms with Crippen LogP contribution in [0.25, 0.3) is 0 Å². The number of rotatable bonds is 5. The Balaban J connectivity index is 2.02. The highest BCUT2D eigenvalue weighted by atomic mass is 19.1. The average molecular weight is 249 g/mol. The van der Waals surface area contributed by atoms with Gasteiger partial charge in [0.15, 0.2) is 11.6 Å². The number of H-pyrrole nitrogens is 1. The van der Waals surface area contributed by atoms with Gasteiger partial charge in [-0.1, -0.05) is 0 Å². The van der Waals surface area contributed by atoms with Gasteiger partial charge < -0.3 is 15.0 Å². The van der Waals surface area contributed by atoms with E-state index in [1.54, 1.807) is 18.5 Å². The number of aromatic amines is 1. The first kappa shape index (κ1) is 12.4. The Morgan fingerprint density at radius 2 is 2.28 bits per heavy atom. The van der Waals surface area contributed by atoms with E-state index in [1.165, 1.54) is 6.07 Å². The van der Waals surface area contributed by atoms with Crippen molar-refractivity contribution in [1.82, 2.24) is 9.97 Å². The zero-order valence-electron chi connectivity index (χ0n) is 10.5. The molecule has 0 aliphatic rings. The monoisotopic (exact) mass is 249 g/mol. The Bertz CT molecular complexity index is 525. The number of anilines is 1. The summed E-state index contributed by atoms with van der Waals surface area (Å²) in [4.78, 5) is 7.16. The maximum atomic E-state index is 13.6. The summed E-state index contributed by atoms with van der Waals surface area (Å²) in [6.45, 7) is 4.79. The lowest BCUT2D eigenvalue weighted by Crippen LogP contribution is -2.02.